The first kappa shape index (κ1) is 29.4. The Kier molecular flexibility index (Phi) is 9.76. The molecule has 7 nitrogen and oxygen atoms in total. The van der Waals surface area contributed by atoms with Gasteiger partial charge in [-0.3, -0.25) is 13.9 Å². The Balaban J connectivity index is 2.08. The van der Waals surface area contributed by atoms with Crippen molar-refractivity contribution in [3.05, 3.63) is 93.7 Å². The van der Waals surface area contributed by atoms with Gasteiger partial charge in [-0.1, -0.05) is 60.0 Å². The summed E-state index contributed by atoms with van der Waals surface area (Å²) in [6.45, 7) is 2.91. The number of anilines is 1. The molecule has 202 valence electrons. The molecule has 0 heterocycles. The van der Waals surface area contributed by atoms with Crippen LogP contribution in [0.1, 0.15) is 24.5 Å². The van der Waals surface area contributed by atoms with E-state index < -0.39 is 40.2 Å². The van der Waals surface area contributed by atoms with Crippen LogP contribution in [0.15, 0.2) is 71.6 Å². The minimum Gasteiger partial charge on any atom is -0.357 e. The van der Waals surface area contributed by atoms with Gasteiger partial charge in [-0.05, 0) is 61.4 Å². The number of halogens is 3. The van der Waals surface area contributed by atoms with Gasteiger partial charge in [0.25, 0.3) is 10.0 Å². The number of aryl methyl sites for hydroxylation is 1. The molecule has 0 aromatic heterocycles. The van der Waals surface area contributed by atoms with Crippen LogP contribution in [0.25, 0.3) is 0 Å². The fraction of sp³-hybridized carbons (Fsp3) is 0.259. The molecular formula is C27H28Cl2FN3O4S. The summed E-state index contributed by atoms with van der Waals surface area (Å²) in [5.74, 6) is -1.49. The van der Waals surface area contributed by atoms with Gasteiger partial charge in [-0.15, -0.1) is 0 Å². The minimum absolute atomic E-state index is 0.0228. The highest BCUT2D eigenvalue weighted by molar-refractivity contribution is 7.92. The Morgan fingerprint density at radius 1 is 0.974 bits per heavy atom. The van der Waals surface area contributed by atoms with Gasteiger partial charge in [0.1, 0.15) is 18.4 Å². The Bertz CT molecular complexity index is 1400. The van der Waals surface area contributed by atoms with E-state index >= 15 is 0 Å². The second-order valence-corrected chi connectivity index (χ2v) is 11.3. The largest absolute Gasteiger partial charge is 0.357 e. The standard InChI is InChI=1S/C27H28Cl2FN3O4S/c1-4-25(27(35)31-3)32(16-19-7-9-20(30)10-8-19)26(34)17-33(21-11-14-23(28)24(29)15-21)38(36,37)22-12-5-18(2)6-13-22/h5-15,25H,4,16-17H2,1-3H3,(H,31,35)/t25-/m1/s1. The Labute approximate surface area is 232 Å². The molecule has 0 saturated carbocycles. The van der Waals surface area contributed by atoms with Crippen LogP contribution in [-0.4, -0.2) is 44.8 Å². The zero-order valence-electron chi connectivity index (χ0n) is 21.1. The molecule has 0 radical (unpaired) electrons. The number of benzene rings is 3. The molecule has 0 fully saturated rings. The maximum Gasteiger partial charge on any atom is 0.264 e. The van der Waals surface area contributed by atoms with Crippen LogP contribution in [0.2, 0.25) is 10.0 Å². The van der Waals surface area contributed by atoms with E-state index in [0.29, 0.717) is 5.56 Å². The van der Waals surface area contributed by atoms with E-state index in [9.17, 15) is 22.4 Å². The number of hydrogen-bond donors (Lipinski definition) is 1. The molecule has 3 rings (SSSR count). The highest BCUT2D eigenvalue weighted by Gasteiger charge is 2.33. The van der Waals surface area contributed by atoms with Crippen LogP contribution in [0, 0.1) is 12.7 Å². The molecule has 0 aliphatic heterocycles. The van der Waals surface area contributed by atoms with Gasteiger partial charge in [0.2, 0.25) is 11.8 Å². The topological polar surface area (TPSA) is 86.8 Å². The second kappa shape index (κ2) is 12.6. The van der Waals surface area contributed by atoms with Gasteiger partial charge < -0.3 is 10.2 Å². The number of carbonyl (C=O) groups excluding carboxylic acids is 2. The molecule has 2 amide bonds. The molecule has 1 N–H and O–H groups in total. The van der Waals surface area contributed by atoms with Crippen molar-refractivity contribution in [2.75, 3.05) is 17.9 Å². The molecule has 11 heteroatoms. The maximum absolute atomic E-state index is 13.8. The third-order valence-corrected chi connectivity index (χ3v) is 8.50. The molecule has 0 spiro atoms. The van der Waals surface area contributed by atoms with E-state index in [4.69, 9.17) is 23.2 Å². The molecule has 3 aromatic rings. The molecule has 3 aromatic carbocycles. The fourth-order valence-electron chi connectivity index (χ4n) is 3.88. The molecule has 0 unspecified atom stereocenters. The van der Waals surface area contributed by atoms with Crippen molar-refractivity contribution in [1.82, 2.24) is 10.2 Å². The molecule has 38 heavy (non-hydrogen) atoms. The second-order valence-electron chi connectivity index (χ2n) is 8.61. The number of sulfonamides is 1. The van der Waals surface area contributed by atoms with Gasteiger partial charge in [-0.2, -0.15) is 0 Å². The zero-order valence-corrected chi connectivity index (χ0v) is 23.4. The smallest absolute Gasteiger partial charge is 0.264 e. The molecule has 0 aliphatic rings. The van der Waals surface area contributed by atoms with Crippen molar-refractivity contribution in [2.24, 2.45) is 0 Å². The number of carbonyl (C=O) groups is 2. The maximum atomic E-state index is 13.8. The van der Waals surface area contributed by atoms with E-state index in [1.54, 1.807) is 19.1 Å². The Morgan fingerprint density at radius 2 is 1.61 bits per heavy atom. The molecule has 0 saturated heterocycles. The fourth-order valence-corrected chi connectivity index (χ4v) is 5.58. The average Bonchev–Trinajstić information content (AvgIpc) is 2.89. The van der Waals surface area contributed by atoms with Crippen LogP contribution >= 0.6 is 23.2 Å². The van der Waals surface area contributed by atoms with E-state index in [-0.39, 0.29) is 33.6 Å². The molecule has 0 aliphatic carbocycles. The third kappa shape index (κ3) is 6.83. The summed E-state index contributed by atoms with van der Waals surface area (Å²) in [6.07, 6.45) is 0.268. The number of hydrogen-bond acceptors (Lipinski definition) is 4. The van der Waals surface area contributed by atoms with Gasteiger partial charge in [0.15, 0.2) is 0 Å². The molecular weight excluding hydrogens is 552 g/mol. The summed E-state index contributed by atoms with van der Waals surface area (Å²) in [5.41, 5.74) is 1.57. The van der Waals surface area contributed by atoms with Crippen LogP contribution in [0.3, 0.4) is 0 Å². The first-order valence-electron chi connectivity index (χ1n) is 11.8. The number of nitrogens with one attached hydrogen (secondary N) is 1. The monoisotopic (exact) mass is 579 g/mol. The van der Waals surface area contributed by atoms with E-state index in [0.717, 1.165) is 9.87 Å². The van der Waals surface area contributed by atoms with Crippen LogP contribution in [-0.2, 0) is 26.2 Å². The first-order chi connectivity index (χ1) is 18.0. The molecule has 0 bridgehead atoms. The molecule has 1 atom stereocenters. The van der Waals surface area contributed by atoms with Crippen molar-refractivity contribution in [2.45, 2.75) is 37.8 Å². The van der Waals surface area contributed by atoms with Crippen molar-refractivity contribution in [3.63, 3.8) is 0 Å². The normalized spacial score (nSPS) is 12.1. The summed E-state index contributed by atoms with van der Waals surface area (Å²) in [6, 6.07) is 15.1. The summed E-state index contributed by atoms with van der Waals surface area (Å²) in [7, 11) is -2.78. The van der Waals surface area contributed by atoms with Crippen molar-refractivity contribution < 1.29 is 22.4 Å². The highest BCUT2D eigenvalue weighted by Crippen LogP contribution is 2.31. The van der Waals surface area contributed by atoms with E-state index in [1.165, 1.54) is 66.5 Å². The van der Waals surface area contributed by atoms with Crippen LogP contribution in [0.4, 0.5) is 10.1 Å². The Morgan fingerprint density at radius 3 is 2.16 bits per heavy atom. The lowest BCUT2D eigenvalue weighted by atomic mass is 10.1. The number of nitrogens with zero attached hydrogens (tertiary/aromatic N) is 2. The summed E-state index contributed by atoms with van der Waals surface area (Å²) in [5, 5.41) is 2.88. The predicted octanol–water partition coefficient (Wildman–Crippen LogP) is 5.19. The lowest BCUT2D eigenvalue weighted by Gasteiger charge is -2.33. The number of rotatable bonds is 10. The summed E-state index contributed by atoms with van der Waals surface area (Å²) >= 11 is 12.3. The first-order valence-corrected chi connectivity index (χ1v) is 14.0. The summed E-state index contributed by atoms with van der Waals surface area (Å²) in [4.78, 5) is 27.8. The average molecular weight is 581 g/mol. The van der Waals surface area contributed by atoms with Crippen molar-refractivity contribution >= 4 is 50.7 Å². The number of amides is 2. The van der Waals surface area contributed by atoms with Gasteiger partial charge >= 0.3 is 0 Å². The Hall–Kier alpha value is -3.14. The zero-order chi connectivity index (χ0) is 28.0. The minimum atomic E-state index is -4.23. The van der Waals surface area contributed by atoms with E-state index in [1.807, 2.05) is 6.92 Å². The highest BCUT2D eigenvalue weighted by atomic mass is 35.5. The third-order valence-electron chi connectivity index (χ3n) is 5.98. The quantitative estimate of drug-likeness (QED) is 0.358. The van der Waals surface area contributed by atoms with Gasteiger partial charge in [0.05, 0.1) is 20.6 Å². The van der Waals surface area contributed by atoms with Crippen molar-refractivity contribution in [3.8, 4) is 0 Å². The lowest BCUT2D eigenvalue weighted by molar-refractivity contribution is -0.140. The summed E-state index contributed by atoms with van der Waals surface area (Å²) < 4.78 is 42.0. The predicted molar refractivity (Wildman–Crippen MR) is 147 cm³/mol. The van der Waals surface area contributed by atoms with Crippen LogP contribution < -0.4 is 9.62 Å². The SMILES string of the molecule is CC[C@H](C(=O)NC)N(Cc1ccc(F)cc1)C(=O)CN(c1ccc(Cl)c(Cl)c1)S(=O)(=O)c1ccc(C)cc1. The van der Waals surface area contributed by atoms with Gasteiger partial charge in [0, 0.05) is 13.6 Å². The van der Waals surface area contributed by atoms with Crippen molar-refractivity contribution in [1.29, 1.82) is 0 Å². The van der Waals surface area contributed by atoms with Gasteiger partial charge in [-0.25, -0.2) is 12.8 Å². The van der Waals surface area contributed by atoms with Crippen LogP contribution in [0.5, 0.6) is 0 Å². The van der Waals surface area contributed by atoms with E-state index in [2.05, 4.69) is 5.32 Å². The number of likely N-dealkylation sites (N-methyl/N-ethyl adjacent to an activating group) is 1. The lowest BCUT2D eigenvalue weighted by Crippen LogP contribution is -2.51.